The van der Waals surface area contributed by atoms with Crippen LogP contribution in [0.3, 0.4) is 0 Å². The van der Waals surface area contributed by atoms with E-state index in [0.717, 1.165) is 5.56 Å². The van der Waals surface area contributed by atoms with Crippen LogP contribution in [0.4, 0.5) is 4.39 Å². The van der Waals surface area contributed by atoms with E-state index >= 15 is 0 Å². The fourth-order valence-electron chi connectivity index (χ4n) is 3.00. The second kappa shape index (κ2) is 8.39. The zero-order valence-corrected chi connectivity index (χ0v) is 15.3. The lowest BCUT2D eigenvalue weighted by Gasteiger charge is -2.16. The Labute approximate surface area is 161 Å². The highest BCUT2D eigenvalue weighted by Gasteiger charge is 2.33. The van der Waals surface area contributed by atoms with Gasteiger partial charge >= 0.3 is 5.97 Å². The number of ether oxygens (including phenoxy) is 1. The van der Waals surface area contributed by atoms with Gasteiger partial charge in [0.05, 0.1) is 10.9 Å². The summed E-state index contributed by atoms with van der Waals surface area (Å²) in [5, 5.41) is 9.33. The van der Waals surface area contributed by atoms with E-state index in [1.807, 2.05) is 12.1 Å². The quantitative estimate of drug-likeness (QED) is 0.784. The van der Waals surface area contributed by atoms with E-state index in [-0.39, 0.29) is 25.5 Å². The molecule has 1 amide bonds. The van der Waals surface area contributed by atoms with E-state index in [1.54, 1.807) is 29.2 Å². The molecule has 1 fully saturated rings. The molecule has 1 aliphatic heterocycles. The van der Waals surface area contributed by atoms with Gasteiger partial charge in [0.25, 0.3) is 0 Å². The molecular formula is C20H19ClFNO4. The Bertz CT molecular complexity index is 820. The van der Waals surface area contributed by atoms with E-state index < -0.39 is 17.7 Å². The van der Waals surface area contributed by atoms with Crippen molar-refractivity contribution in [1.82, 2.24) is 4.90 Å². The van der Waals surface area contributed by atoms with Crippen LogP contribution in [0.1, 0.15) is 17.5 Å². The zero-order valence-electron chi connectivity index (χ0n) is 14.5. The molecular weight excluding hydrogens is 373 g/mol. The van der Waals surface area contributed by atoms with E-state index in [4.69, 9.17) is 21.4 Å². The summed E-state index contributed by atoms with van der Waals surface area (Å²) in [7, 11) is 0. The Morgan fingerprint density at radius 3 is 2.63 bits per heavy atom. The van der Waals surface area contributed by atoms with Crippen LogP contribution in [0.5, 0.6) is 5.75 Å². The molecule has 1 unspecified atom stereocenters. The second-order valence-electron chi connectivity index (χ2n) is 6.46. The van der Waals surface area contributed by atoms with Crippen LogP contribution in [0.15, 0.2) is 42.5 Å². The third kappa shape index (κ3) is 4.77. The third-order valence-corrected chi connectivity index (χ3v) is 4.96. The normalized spacial score (nSPS) is 16.6. The van der Waals surface area contributed by atoms with Gasteiger partial charge in [-0.15, -0.1) is 0 Å². The summed E-state index contributed by atoms with van der Waals surface area (Å²) in [5.74, 6) is -1.49. The first-order valence-electron chi connectivity index (χ1n) is 8.59. The number of carbonyl (C=O) groups is 2. The van der Waals surface area contributed by atoms with Crippen molar-refractivity contribution in [1.29, 1.82) is 0 Å². The maximum atomic E-state index is 13.7. The molecule has 5 nitrogen and oxygen atoms in total. The fraction of sp³-hybridized carbons (Fsp3) is 0.300. The average molecular weight is 392 g/mol. The molecule has 1 atom stereocenters. The van der Waals surface area contributed by atoms with Crippen molar-refractivity contribution in [3.63, 3.8) is 0 Å². The minimum Gasteiger partial charge on any atom is -0.489 e. The summed E-state index contributed by atoms with van der Waals surface area (Å²) in [5.41, 5.74) is 1.31. The zero-order chi connectivity index (χ0) is 19.4. The van der Waals surface area contributed by atoms with Crippen LogP contribution in [0.25, 0.3) is 0 Å². The summed E-state index contributed by atoms with van der Waals surface area (Å²) >= 11 is 5.98. The molecule has 7 heteroatoms. The van der Waals surface area contributed by atoms with E-state index in [1.165, 1.54) is 6.07 Å². The molecule has 0 aromatic heterocycles. The molecule has 0 bridgehead atoms. The number of nitrogens with zero attached hydrogens (tertiary/aromatic N) is 1. The number of hydrogen-bond donors (Lipinski definition) is 1. The maximum absolute atomic E-state index is 13.7. The summed E-state index contributed by atoms with van der Waals surface area (Å²) < 4.78 is 19.3. The highest BCUT2D eigenvalue weighted by Crippen LogP contribution is 2.22. The molecule has 0 saturated carbocycles. The van der Waals surface area contributed by atoms with E-state index in [9.17, 15) is 14.0 Å². The SMILES string of the molecule is O=C(O)C1CC(=O)N(CCc2ccc(OCc3c(F)cccc3Cl)cc2)C1. The number of aliphatic carboxylic acids is 1. The Morgan fingerprint density at radius 1 is 1.26 bits per heavy atom. The molecule has 1 saturated heterocycles. The van der Waals surface area contributed by atoms with Crippen molar-refractivity contribution in [3.05, 3.63) is 64.4 Å². The number of hydrogen-bond acceptors (Lipinski definition) is 3. The molecule has 1 aliphatic rings. The summed E-state index contributed by atoms with van der Waals surface area (Å²) in [6, 6.07) is 11.8. The molecule has 0 aliphatic carbocycles. The van der Waals surface area contributed by atoms with Crippen LogP contribution in [0, 0.1) is 11.7 Å². The first-order chi connectivity index (χ1) is 12.9. The second-order valence-corrected chi connectivity index (χ2v) is 6.87. The van der Waals surface area contributed by atoms with Gasteiger partial charge < -0.3 is 14.7 Å². The van der Waals surface area contributed by atoms with Crippen molar-refractivity contribution >= 4 is 23.5 Å². The van der Waals surface area contributed by atoms with Gasteiger partial charge in [-0.25, -0.2) is 4.39 Å². The van der Waals surface area contributed by atoms with Gasteiger partial charge in [-0.05, 0) is 36.2 Å². The lowest BCUT2D eigenvalue weighted by Crippen LogP contribution is -2.28. The minimum atomic E-state index is -0.928. The summed E-state index contributed by atoms with van der Waals surface area (Å²) in [6.07, 6.45) is 0.693. The van der Waals surface area contributed by atoms with Crippen LogP contribution < -0.4 is 4.74 Å². The standard InChI is InChI=1S/C20H19ClFNO4/c21-17-2-1-3-18(22)16(17)12-27-15-6-4-13(5-7-15)8-9-23-11-14(20(25)26)10-19(23)24/h1-7,14H,8-12H2,(H,25,26). The van der Waals surface area contributed by atoms with Crippen LogP contribution in [-0.2, 0) is 22.6 Å². The van der Waals surface area contributed by atoms with Crippen molar-refractivity contribution in [3.8, 4) is 5.75 Å². The first kappa shape index (κ1) is 19.2. The first-order valence-corrected chi connectivity index (χ1v) is 8.97. The smallest absolute Gasteiger partial charge is 0.308 e. The number of carboxylic acids is 1. The molecule has 1 heterocycles. The van der Waals surface area contributed by atoms with Crippen molar-refractivity contribution in [2.24, 2.45) is 5.92 Å². The molecule has 2 aromatic rings. The summed E-state index contributed by atoms with van der Waals surface area (Å²) in [6.45, 7) is 0.774. The molecule has 142 valence electrons. The van der Waals surface area contributed by atoms with E-state index in [2.05, 4.69) is 0 Å². The molecule has 2 aromatic carbocycles. The lowest BCUT2D eigenvalue weighted by atomic mass is 10.1. The van der Waals surface area contributed by atoms with Gasteiger partial charge in [0.2, 0.25) is 5.91 Å². The van der Waals surface area contributed by atoms with Crippen LogP contribution >= 0.6 is 11.6 Å². The predicted molar refractivity (Wildman–Crippen MR) is 98.2 cm³/mol. The van der Waals surface area contributed by atoms with Gasteiger partial charge in [-0.2, -0.15) is 0 Å². The van der Waals surface area contributed by atoms with E-state index in [0.29, 0.717) is 29.3 Å². The highest BCUT2D eigenvalue weighted by atomic mass is 35.5. The number of benzene rings is 2. The summed E-state index contributed by atoms with van der Waals surface area (Å²) in [4.78, 5) is 24.4. The number of rotatable bonds is 7. The molecule has 1 N–H and O–H groups in total. The Morgan fingerprint density at radius 2 is 2.00 bits per heavy atom. The number of carbonyl (C=O) groups excluding carboxylic acids is 1. The average Bonchev–Trinajstić information content (AvgIpc) is 3.02. The van der Waals surface area contributed by atoms with Crippen LogP contribution in [0.2, 0.25) is 5.02 Å². The minimum absolute atomic E-state index is 0.0315. The van der Waals surface area contributed by atoms with Gasteiger partial charge in [-0.3, -0.25) is 9.59 Å². The molecule has 0 spiro atoms. The Hall–Kier alpha value is -2.60. The fourth-order valence-corrected chi connectivity index (χ4v) is 3.21. The monoisotopic (exact) mass is 391 g/mol. The molecule has 27 heavy (non-hydrogen) atoms. The number of halogens is 2. The number of carboxylic acid groups (broad SMARTS) is 1. The van der Waals surface area contributed by atoms with Crippen molar-refractivity contribution in [2.75, 3.05) is 13.1 Å². The van der Waals surface area contributed by atoms with Gasteiger partial charge in [0.1, 0.15) is 18.2 Å². The van der Waals surface area contributed by atoms with Crippen LogP contribution in [-0.4, -0.2) is 35.0 Å². The molecule has 3 rings (SSSR count). The predicted octanol–water partition coefficient (Wildman–Crippen LogP) is 3.53. The highest BCUT2D eigenvalue weighted by molar-refractivity contribution is 6.31. The van der Waals surface area contributed by atoms with Crippen molar-refractivity contribution in [2.45, 2.75) is 19.4 Å². The van der Waals surface area contributed by atoms with Gasteiger partial charge in [-0.1, -0.05) is 29.8 Å². The number of likely N-dealkylation sites (tertiary alicyclic amines) is 1. The Kier molecular flexibility index (Phi) is 5.96. The Balaban J connectivity index is 1.52. The topological polar surface area (TPSA) is 66.8 Å². The number of amides is 1. The lowest BCUT2D eigenvalue weighted by molar-refractivity contribution is -0.141. The maximum Gasteiger partial charge on any atom is 0.308 e. The van der Waals surface area contributed by atoms with Gasteiger partial charge in [0.15, 0.2) is 0 Å². The van der Waals surface area contributed by atoms with Gasteiger partial charge in [0, 0.05) is 25.1 Å². The third-order valence-electron chi connectivity index (χ3n) is 4.60. The molecule has 0 radical (unpaired) electrons. The van der Waals surface area contributed by atoms with Crippen molar-refractivity contribution < 1.29 is 23.8 Å². The largest absolute Gasteiger partial charge is 0.489 e.